The highest BCUT2D eigenvalue weighted by Crippen LogP contribution is 2.58. The molecule has 8 rings (SSSR count). The van der Waals surface area contributed by atoms with E-state index in [4.69, 9.17) is 14.5 Å². The molecule has 238 valence electrons. The average Bonchev–Trinajstić information content (AvgIpc) is 3.80. The number of hydrogen-bond donors (Lipinski definition) is 1. The van der Waals surface area contributed by atoms with Crippen LogP contribution in [0, 0.1) is 0 Å². The van der Waals surface area contributed by atoms with E-state index in [-0.39, 0.29) is 0 Å². The van der Waals surface area contributed by atoms with Gasteiger partial charge in [-0.25, -0.2) is 14.8 Å². The van der Waals surface area contributed by atoms with Crippen molar-refractivity contribution in [2.75, 3.05) is 13.2 Å². The van der Waals surface area contributed by atoms with Crippen LogP contribution in [0.3, 0.4) is 0 Å². The summed E-state index contributed by atoms with van der Waals surface area (Å²) in [4.78, 5) is 24.0. The number of benzene rings is 2. The zero-order valence-electron chi connectivity index (χ0n) is 26.7. The summed E-state index contributed by atoms with van der Waals surface area (Å²) in [6, 6.07) is 22.4. The monoisotopic (exact) mass is 629 g/mol. The van der Waals surface area contributed by atoms with Crippen molar-refractivity contribution in [3.05, 3.63) is 91.0 Å². The van der Waals surface area contributed by atoms with Gasteiger partial charge in [0.05, 0.1) is 36.3 Å². The maximum absolute atomic E-state index is 12.8. The van der Waals surface area contributed by atoms with Crippen LogP contribution in [0.1, 0.15) is 39.2 Å². The SMILES string of the molecule is Cn1cnc(-c2nnc3c4cc(-c5ccccc5)c(-c5ccc(C6(N(C(=O)O)C(C)(C)C)CC7(C6)OCCO7)cc5)nc4ccn23)c1. The third-order valence-corrected chi connectivity index (χ3v) is 9.31. The second-order valence-electron chi connectivity index (χ2n) is 13.5. The number of aromatic nitrogens is 6. The molecule has 4 aromatic heterocycles. The molecule has 2 aromatic carbocycles. The molecular formula is C36H35N7O4. The molecule has 6 aromatic rings. The van der Waals surface area contributed by atoms with Crippen LogP contribution in [-0.2, 0) is 22.1 Å². The fourth-order valence-corrected chi connectivity index (χ4v) is 7.44. The van der Waals surface area contributed by atoms with E-state index in [1.807, 2.05) is 97.7 Å². The van der Waals surface area contributed by atoms with E-state index < -0.39 is 23.0 Å². The number of ether oxygens (including phenoxy) is 2. The minimum Gasteiger partial charge on any atom is -0.465 e. The maximum Gasteiger partial charge on any atom is 0.408 e. The number of aryl methyl sites for hydroxylation is 1. The Hall–Kier alpha value is -5.13. The zero-order valence-corrected chi connectivity index (χ0v) is 26.7. The first-order valence-electron chi connectivity index (χ1n) is 15.7. The summed E-state index contributed by atoms with van der Waals surface area (Å²) in [5.74, 6) is -0.0872. The Morgan fingerprint density at radius 2 is 1.68 bits per heavy atom. The highest BCUT2D eigenvalue weighted by atomic mass is 16.7. The largest absolute Gasteiger partial charge is 0.465 e. The Morgan fingerprint density at radius 1 is 0.957 bits per heavy atom. The second kappa shape index (κ2) is 10.4. The number of nitrogens with zero attached hydrogens (tertiary/aromatic N) is 7. The molecule has 5 heterocycles. The summed E-state index contributed by atoms with van der Waals surface area (Å²) in [6.45, 7) is 6.80. The van der Waals surface area contributed by atoms with Crippen LogP contribution >= 0.6 is 0 Å². The van der Waals surface area contributed by atoms with E-state index in [2.05, 4.69) is 33.4 Å². The lowest BCUT2D eigenvalue weighted by Crippen LogP contribution is -2.68. The number of imidazole rings is 1. The molecule has 0 atom stereocenters. The molecule has 1 spiro atoms. The number of pyridine rings is 2. The fraction of sp³-hybridized carbons (Fsp3) is 0.306. The average molecular weight is 630 g/mol. The lowest BCUT2D eigenvalue weighted by molar-refractivity contribution is -0.272. The minimum absolute atomic E-state index is 0.432. The van der Waals surface area contributed by atoms with Gasteiger partial charge in [-0.1, -0.05) is 54.6 Å². The van der Waals surface area contributed by atoms with E-state index >= 15 is 0 Å². The number of amides is 1. The van der Waals surface area contributed by atoms with Gasteiger partial charge in [0.25, 0.3) is 0 Å². The van der Waals surface area contributed by atoms with Crippen molar-refractivity contribution >= 4 is 22.6 Å². The van der Waals surface area contributed by atoms with Crippen molar-refractivity contribution in [1.82, 2.24) is 34.0 Å². The van der Waals surface area contributed by atoms with E-state index in [1.54, 1.807) is 11.2 Å². The van der Waals surface area contributed by atoms with Crippen LogP contribution < -0.4 is 0 Å². The van der Waals surface area contributed by atoms with Gasteiger partial charge >= 0.3 is 6.09 Å². The molecule has 1 saturated carbocycles. The standard InChI is InChI=1S/C36H35N7O4/c1-34(2,3)43(33(44)45)35(20-36(21-35)46-16-17-47-36)25-12-10-24(11-13-25)30-26(23-8-6-5-7-9-23)18-27-28(38-30)14-15-42-31(27)39-40-32(42)29-19-41(4)22-37-29/h5-15,18-19,22H,16-17,20-21H2,1-4H3,(H,44,45). The Bertz CT molecular complexity index is 2130. The Kier molecular flexibility index (Phi) is 6.51. The Labute approximate surface area is 271 Å². The quantitative estimate of drug-likeness (QED) is 0.229. The molecule has 1 aliphatic carbocycles. The lowest BCUT2D eigenvalue weighted by atomic mass is 9.64. The van der Waals surface area contributed by atoms with Crippen LogP contribution in [0.15, 0.2) is 85.5 Å². The number of hydrogen-bond acceptors (Lipinski definition) is 7. The van der Waals surface area contributed by atoms with Crippen LogP contribution in [0.5, 0.6) is 0 Å². The van der Waals surface area contributed by atoms with Gasteiger partial charge in [0.1, 0.15) is 5.69 Å². The molecular weight excluding hydrogens is 594 g/mol. The Balaban J connectivity index is 1.25. The normalized spacial score (nSPS) is 16.9. The van der Waals surface area contributed by atoms with Crippen molar-refractivity contribution in [2.45, 2.75) is 50.5 Å². The van der Waals surface area contributed by atoms with Gasteiger partial charge in [0.2, 0.25) is 0 Å². The van der Waals surface area contributed by atoms with Crippen molar-refractivity contribution < 1.29 is 19.4 Å². The summed E-state index contributed by atoms with van der Waals surface area (Å²) in [7, 11) is 1.92. The summed E-state index contributed by atoms with van der Waals surface area (Å²) in [6.07, 6.45) is 5.48. The molecule has 1 amide bonds. The van der Waals surface area contributed by atoms with Crippen molar-refractivity contribution in [3.8, 4) is 33.9 Å². The van der Waals surface area contributed by atoms with Gasteiger partial charge in [-0.3, -0.25) is 9.30 Å². The molecule has 1 N–H and O–H groups in total. The lowest BCUT2D eigenvalue weighted by Gasteiger charge is -2.60. The fourth-order valence-electron chi connectivity index (χ4n) is 7.44. The van der Waals surface area contributed by atoms with Gasteiger partial charge in [-0.05, 0) is 44.0 Å². The Morgan fingerprint density at radius 3 is 2.32 bits per heavy atom. The first-order chi connectivity index (χ1) is 22.6. The predicted octanol–water partition coefficient (Wildman–Crippen LogP) is 6.52. The molecule has 11 nitrogen and oxygen atoms in total. The molecule has 1 saturated heterocycles. The highest BCUT2D eigenvalue weighted by molar-refractivity contribution is 5.98. The van der Waals surface area contributed by atoms with Gasteiger partial charge in [0.15, 0.2) is 17.3 Å². The van der Waals surface area contributed by atoms with Crippen LogP contribution in [-0.4, -0.2) is 69.8 Å². The van der Waals surface area contributed by atoms with E-state index in [0.717, 1.165) is 44.5 Å². The van der Waals surface area contributed by atoms with Crippen molar-refractivity contribution in [1.29, 1.82) is 0 Å². The van der Waals surface area contributed by atoms with Crippen LogP contribution in [0.2, 0.25) is 0 Å². The minimum atomic E-state index is -0.969. The smallest absolute Gasteiger partial charge is 0.408 e. The highest BCUT2D eigenvalue weighted by Gasteiger charge is 2.64. The number of fused-ring (bicyclic) bond motifs is 3. The topological polar surface area (TPSA) is 120 Å². The summed E-state index contributed by atoms with van der Waals surface area (Å²) in [5.41, 5.74) is 5.39. The molecule has 11 heteroatoms. The van der Waals surface area contributed by atoms with E-state index in [9.17, 15) is 9.90 Å². The van der Waals surface area contributed by atoms with E-state index in [0.29, 0.717) is 37.5 Å². The molecule has 0 unspecified atom stereocenters. The zero-order chi connectivity index (χ0) is 32.6. The summed E-state index contributed by atoms with van der Waals surface area (Å²) >= 11 is 0. The third-order valence-electron chi connectivity index (χ3n) is 9.31. The number of rotatable bonds is 5. The summed E-state index contributed by atoms with van der Waals surface area (Å²) in [5, 5.41) is 20.4. The first-order valence-corrected chi connectivity index (χ1v) is 15.7. The van der Waals surface area contributed by atoms with E-state index in [1.165, 1.54) is 0 Å². The van der Waals surface area contributed by atoms with Gasteiger partial charge < -0.3 is 19.1 Å². The van der Waals surface area contributed by atoms with Crippen molar-refractivity contribution in [3.63, 3.8) is 0 Å². The van der Waals surface area contributed by atoms with Crippen LogP contribution in [0.4, 0.5) is 4.79 Å². The third kappa shape index (κ3) is 4.68. The number of carbonyl (C=O) groups is 1. The van der Waals surface area contributed by atoms with Crippen LogP contribution in [0.25, 0.3) is 50.5 Å². The first kappa shape index (κ1) is 29.3. The molecule has 47 heavy (non-hydrogen) atoms. The van der Waals surface area contributed by atoms with Gasteiger partial charge in [-0.15, -0.1) is 10.2 Å². The predicted molar refractivity (Wildman–Crippen MR) is 177 cm³/mol. The molecule has 2 fully saturated rings. The van der Waals surface area contributed by atoms with Gasteiger partial charge in [0, 0.05) is 54.3 Å². The molecule has 0 bridgehead atoms. The molecule has 0 radical (unpaired) electrons. The molecule has 2 aliphatic rings. The molecule has 1 aliphatic heterocycles. The summed E-state index contributed by atoms with van der Waals surface area (Å²) < 4.78 is 15.8. The maximum atomic E-state index is 12.8. The second-order valence-corrected chi connectivity index (χ2v) is 13.5. The van der Waals surface area contributed by atoms with Gasteiger partial charge in [-0.2, -0.15) is 0 Å². The van der Waals surface area contributed by atoms with Crippen molar-refractivity contribution in [2.24, 2.45) is 7.05 Å². The number of carboxylic acid groups (broad SMARTS) is 1.